The highest BCUT2D eigenvalue weighted by molar-refractivity contribution is 6.04. The van der Waals surface area contributed by atoms with E-state index in [0.29, 0.717) is 33.8 Å². The third-order valence-electron chi connectivity index (χ3n) is 9.27. The van der Waals surface area contributed by atoms with Crippen molar-refractivity contribution >= 4 is 33.7 Å². The van der Waals surface area contributed by atoms with Crippen molar-refractivity contribution in [1.82, 2.24) is 29.9 Å². The number of halogens is 2. The van der Waals surface area contributed by atoms with Gasteiger partial charge in [0.2, 0.25) is 11.8 Å². The number of hydrogen-bond donors (Lipinski definition) is 3. The molecule has 0 fully saturated rings. The van der Waals surface area contributed by atoms with Gasteiger partial charge in [-0.3, -0.25) is 4.79 Å². The second kappa shape index (κ2) is 18.0. The number of amides is 1. The van der Waals surface area contributed by atoms with Crippen LogP contribution in [0.4, 0.5) is 8.78 Å². The van der Waals surface area contributed by atoms with Gasteiger partial charge in [-0.2, -0.15) is 0 Å². The van der Waals surface area contributed by atoms with Gasteiger partial charge in [-0.1, -0.05) is 72.2 Å². The average molecular weight is 862 g/mol. The molecule has 4 aromatic heterocycles. The van der Waals surface area contributed by atoms with Crippen LogP contribution >= 0.6 is 0 Å². The van der Waals surface area contributed by atoms with Crippen LogP contribution in [0.2, 0.25) is 0 Å². The molecule has 8 aromatic rings. The molecule has 320 valence electrons. The highest BCUT2D eigenvalue weighted by Crippen LogP contribution is 2.27. The van der Waals surface area contributed by atoms with E-state index < -0.39 is 34.7 Å². The highest BCUT2D eigenvalue weighted by atomic mass is 19.1. The van der Waals surface area contributed by atoms with Crippen molar-refractivity contribution in [2.75, 3.05) is 6.61 Å². The van der Waals surface area contributed by atoms with E-state index in [0.717, 1.165) is 0 Å². The Hall–Kier alpha value is -8.18. The molecular weight excluding hydrogens is 825 g/mol. The molecule has 0 aliphatic rings. The fourth-order valence-corrected chi connectivity index (χ4v) is 6.16. The van der Waals surface area contributed by atoms with Crippen molar-refractivity contribution in [3.8, 4) is 46.5 Å². The Morgan fingerprint density at radius 1 is 0.688 bits per heavy atom. The first kappa shape index (κ1) is 43.9. The predicted octanol–water partition coefficient (Wildman–Crippen LogP) is 7.26. The Morgan fingerprint density at radius 3 is 1.55 bits per heavy atom. The zero-order valence-corrected chi connectivity index (χ0v) is 34.9. The maximum Gasteiger partial charge on any atom is 0.357 e. The molecule has 0 saturated carbocycles. The average Bonchev–Trinajstić information content (AvgIpc) is 3.94. The molecule has 8 rings (SSSR count). The maximum absolute atomic E-state index is 14.5. The molecule has 4 N–H and O–H groups in total. The number of esters is 1. The zero-order valence-electron chi connectivity index (χ0n) is 34.9. The molecule has 0 aliphatic heterocycles. The third kappa shape index (κ3) is 9.64. The fraction of sp³-hybridized carbons (Fsp3) is 0.167. The van der Waals surface area contributed by atoms with Crippen LogP contribution < -0.4 is 5.73 Å². The Morgan fingerprint density at radius 2 is 1.12 bits per heavy atom. The van der Waals surface area contributed by atoms with Gasteiger partial charge in [0.25, 0.3) is 5.91 Å². The third-order valence-corrected chi connectivity index (χ3v) is 9.27. The summed E-state index contributed by atoms with van der Waals surface area (Å²) < 4.78 is 44.6. The van der Waals surface area contributed by atoms with E-state index in [-0.39, 0.29) is 63.2 Å². The minimum absolute atomic E-state index is 0.0000147. The molecule has 64 heavy (non-hydrogen) atoms. The van der Waals surface area contributed by atoms with Gasteiger partial charge in [-0.25, -0.2) is 43.5 Å². The molecule has 0 radical (unpaired) electrons. The number of fused-ring (bicyclic) bond motifs is 2. The number of oxazole rings is 2. The Bertz CT molecular complexity index is 3230. The number of rotatable bonds is 7. The number of nitrogens with two attached hydrogens (primary N) is 1. The van der Waals surface area contributed by atoms with Crippen molar-refractivity contribution in [3.63, 3.8) is 0 Å². The van der Waals surface area contributed by atoms with Crippen LogP contribution in [0, 0.1) is 49.2 Å². The Labute approximate surface area is 364 Å². The highest BCUT2D eigenvalue weighted by Gasteiger charge is 2.27. The number of aromatic nitrogens is 6. The summed E-state index contributed by atoms with van der Waals surface area (Å²) in [5, 5.41) is 21.7. The summed E-state index contributed by atoms with van der Waals surface area (Å²) in [7, 11) is 0. The molecule has 0 bridgehead atoms. The number of hydrogen-bond acceptors (Lipinski definition) is 13. The molecule has 2 atom stereocenters. The van der Waals surface area contributed by atoms with Gasteiger partial charge < -0.3 is 29.5 Å². The quantitative estimate of drug-likeness (QED) is 0.106. The van der Waals surface area contributed by atoms with E-state index in [2.05, 4.69) is 53.6 Å². The first-order valence-corrected chi connectivity index (χ1v) is 19.5. The second-order valence-corrected chi connectivity index (χ2v) is 14.5. The molecule has 1 amide bonds. The van der Waals surface area contributed by atoms with E-state index in [1.165, 1.54) is 56.6 Å². The standard InChI is InChI=1S/C25H20FN3O4.C23H17FN4O3/c1-4-32-23(30)21-18-9-6-10-19(26)20(18)28-22(29-21)17-8-5-7-16(13-17)11-12-25(3,31)24-27-14-15(2)33-24;1-13-12-26-22(31-13)23(2,30)10-9-14-5-3-6-15(11-14)21-27-18-16(7-4-8-17(18)24)19(28-21)20(25)29/h5-10,13-14,31H,4H2,1-3H3;3-8,11-12,30H,1-2H3,(H2,25,29)/t25-;23-/m00/s1. The van der Waals surface area contributed by atoms with E-state index in [9.17, 15) is 28.6 Å². The van der Waals surface area contributed by atoms with Crippen molar-refractivity contribution in [3.05, 3.63) is 155 Å². The van der Waals surface area contributed by atoms with Gasteiger partial charge in [-0.05, 0) is 71.0 Å². The summed E-state index contributed by atoms with van der Waals surface area (Å²) in [6, 6.07) is 22.2. The Balaban J connectivity index is 0.000000192. The minimum atomic E-state index is -1.59. The van der Waals surface area contributed by atoms with Crippen LogP contribution in [0.1, 0.15) is 76.2 Å². The van der Waals surface area contributed by atoms with Crippen LogP contribution in [0.3, 0.4) is 0 Å². The topological polar surface area (TPSA) is 213 Å². The van der Waals surface area contributed by atoms with Gasteiger partial charge in [0.15, 0.2) is 28.5 Å². The molecule has 14 nitrogen and oxygen atoms in total. The molecule has 4 heterocycles. The second-order valence-electron chi connectivity index (χ2n) is 14.5. The molecular formula is C48H37F2N7O7. The lowest BCUT2D eigenvalue weighted by Crippen LogP contribution is -2.18. The number of para-hydroxylation sites is 2. The monoisotopic (exact) mass is 861 g/mol. The normalized spacial score (nSPS) is 12.7. The van der Waals surface area contributed by atoms with Crippen molar-refractivity contribution in [1.29, 1.82) is 0 Å². The predicted molar refractivity (Wildman–Crippen MR) is 230 cm³/mol. The van der Waals surface area contributed by atoms with Crippen molar-refractivity contribution in [2.45, 2.75) is 45.8 Å². The molecule has 0 aliphatic carbocycles. The van der Waals surface area contributed by atoms with Crippen molar-refractivity contribution < 1.29 is 42.2 Å². The van der Waals surface area contributed by atoms with Crippen molar-refractivity contribution in [2.24, 2.45) is 5.73 Å². The molecule has 0 saturated heterocycles. The molecule has 4 aromatic carbocycles. The molecule has 16 heteroatoms. The zero-order chi connectivity index (χ0) is 45.8. The molecule has 0 spiro atoms. The summed E-state index contributed by atoms with van der Waals surface area (Å²) in [6.07, 6.45) is 3.00. The number of nitrogens with zero attached hydrogens (tertiary/aromatic N) is 6. The van der Waals surface area contributed by atoms with Crippen LogP contribution in [-0.4, -0.2) is 58.6 Å². The molecule has 0 unspecified atom stereocenters. The van der Waals surface area contributed by atoms with Crippen LogP contribution in [0.25, 0.3) is 44.6 Å². The smallest absolute Gasteiger partial charge is 0.357 e. The summed E-state index contributed by atoms with van der Waals surface area (Å²) >= 11 is 0. The van der Waals surface area contributed by atoms with Gasteiger partial charge >= 0.3 is 5.97 Å². The number of carbonyl (C=O) groups excluding carboxylic acids is 2. The number of carbonyl (C=O) groups is 2. The van der Waals surface area contributed by atoms with Gasteiger partial charge in [0.05, 0.1) is 19.0 Å². The minimum Gasteiger partial charge on any atom is -0.461 e. The summed E-state index contributed by atoms with van der Waals surface area (Å²) in [6.45, 7) is 8.24. The van der Waals surface area contributed by atoms with Gasteiger partial charge in [0.1, 0.15) is 39.9 Å². The lowest BCUT2D eigenvalue weighted by Gasteiger charge is -2.11. The fourth-order valence-electron chi connectivity index (χ4n) is 6.16. The van der Waals surface area contributed by atoms with Crippen LogP contribution in [0.5, 0.6) is 0 Å². The largest absolute Gasteiger partial charge is 0.461 e. The summed E-state index contributed by atoms with van der Waals surface area (Å²) in [5.74, 6) is 10.2. The van der Waals surface area contributed by atoms with Gasteiger partial charge in [0, 0.05) is 33.0 Å². The lowest BCUT2D eigenvalue weighted by atomic mass is 10.1. The number of aliphatic hydroxyl groups is 2. The number of primary amides is 1. The van der Waals surface area contributed by atoms with Gasteiger partial charge in [-0.15, -0.1) is 0 Å². The SMILES string of the molecule is CCOC(=O)c1nc(-c2cccc(C#C[C@](C)(O)c3ncc(C)o3)c2)nc2c(F)cccc12.Cc1cnc([C@@](C)(O)C#Cc2cccc(-c3nc(C(N)=O)c4cccc(F)c4n3)c2)o1. The van der Waals surface area contributed by atoms with Crippen LogP contribution in [0.15, 0.2) is 106 Å². The summed E-state index contributed by atoms with van der Waals surface area (Å²) in [5.41, 5.74) is 4.30. The maximum atomic E-state index is 14.5. The number of benzene rings is 4. The van der Waals surface area contributed by atoms with E-state index >= 15 is 0 Å². The lowest BCUT2D eigenvalue weighted by molar-refractivity contribution is 0.0521. The number of aryl methyl sites for hydroxylation is 2. The number of ether oxygens (including phenoxy) is 1. The Kier molecular flexibility index (Phi) is 12.4. The first-order valence-electron chi connectivity index (χ1n) is 19.5. The summed E-state index contributed by atoms with van der Waals surface area (Å²) in [4.78, 5) is 49.6. The van der Waals surface area contributed by atoms with Crippen LogP contribution in [-0.2, 0) is 15.9 Å². The van der Waals surface area contributed by atoms with E-state index in [1.54, 1.807) is 75.4 Å². The van der Waals surface area contributed by atoms with E-state index in [4.69, 9.17) is 19.3 Å². The first-order chi connectivity index (χ1) is 30.5. The van der Waals surface area contributed by atoms with E-state index in [1.807, 2.05) is 0 Å².